The molecule has 5 heteroatoms. The molecule has 0 bridgehead atoms. The van der Waals surface area contributed by atoms with Crippen LogP contribution in [0.5, 0.6) is 0 Å². The number of nitrogens with zero attached hydrogens (tertiary/aromatic N) is 3. The second-order valence-corrected chi connectivity index (χ2v) is 6.66. The van der Waals surface area contributed by atoms with Gasteiger partial charge in [-0.15, -0.1) is 0 Å². The second kappa shape index (κ2) is 9.80. The smallest absolute Gasteiger partial charge is 0.191 e. The summed E-state index contributed by atoms with van der Waals surface area (Å²) in [5.74, 6) is 1.92. The van der Waals surface area contributed by atoms with E-state index in [0.29, 0.717) is 0 Å². The molecular formula is C21H29N5. The number of guanidine groups is 1. The summed E-state index contributed by atoms with van der Waals surface area (Å²) in [7, 11) is 1.81. The molecule has 2 heterocycles. The minimum atomic E-state index is 0.744. The minimum Gasteiger partial charge on any atom is -0.357 e. The largest absolute Gasteiger partial charge is 0.357 e. The van der Waals surface area contributed by atoms with E-state index in [1.165, 1.54) is 30.4 Å². The monoisotopic (exact) mass is 351 g/mol. The standard InChI is InChI=1S/C21H29N5/c1-22-21(24-13-10-18-8-4-2-5-9-18)25-17-19-11-12-23-20(16-19)26-14-6-3-7-15-26/h2,4-5,8-9,11-12,16H,3,6-7,10,13-15,17H2,1H3,(H2,22,24,25). The van der Waals surface area contributed by atoms with Crippen molar-refractivity contribution in [3.8, 4) is 0 Å². The molecule has 1 aromatic carbocycles. The number of nitrogens with one attached hydrogen (secondary N) is 2. The number of aromatic nitrogens is 1. The maximum absolute atomic E-state index is 4.55. The van der Waals surface area contributed by atoms with Gasteiger partial charge in [0.05, 0.1) is 0 Å². The van der Waals surface area contributed by atoms with Gasteiger partial charge in [0.25, 0.3) is 0 Å². The molecular weight excluding hydrogens is 322 g/mol. The predicted octanol–water partition coefficient (Wildman–Crippen LogP) is 2.98. The van der Waals surface area contributed by atoms with E-state index in [1.54, 1.807) is 0 Å². The molecule has 0 spiro atoms. The highest BCUT2D eigenvalue weighted by Crippen LogP contribution is 2.18. The Hall–Kier alpha value is -2.56. The molecule has 5 nitrogen and oxygen atoms in total. The summed E-state index contributed by atoms with van der Waals surface area (Å²) in [6.45, 7) is 3.84. The van der Waals surface area contributed by atoms with Crippen LogP contribution in [0.4, 0.5) is 5.82 Å². The Labute approximate surface area is 156 Å². The van der Waals surface area contributed by atoms with Gasteiger partial charge < -0.3 is 15.5 Å². The maximum atomic E-state index is 4.55. The first-order valence-electron chi connectivity index (χ1n) is 9.53. The molecule has 138 valence electrons. The fraction of sp³-hybridized carbons (Fsp3) is 0.429. The van der Waals surface area contributed by atoms with Gasteiger partial charge in [0, 0.05) is 39.4 Å². The molecule has 0 saturated carbocycles. The van der Waals surface area contributed by atoms with Crippen LogP contribution >= 0.6 is 0 Å². The number of hydrogen-bond donors (Lipinski definition) is 2. The highest BCUT2D eigenvalue weighted by atomic mass is 15.2. The topological polar surface area (TPSA) is 52.6 Å². The van der Waals surface area contributed by atoms with Crippen LogP contribution in [0.1, 0.15) is 30.4 Å². The van der Waals surface area contributed by atoms with Crippen LogP contribution < -0.4 is 15.5 Å². The molecule has 1 aromatic heterocycles. The molecule has 0 atom stereocenters. The van der Waals surface area contributed by atoms with E-state index in [-0.39, 0.29) is 0 Å². The van der Waals surface area contributed by atoms with E-state index in [9.17, 15) is 0 Å². The first kappa shape index (κ1) is 18.2. The zero-order valence-electron chi connectivity index (χ0n) is 15.6. The minimum absolute atomic E-state index is 0.744. The van der Waals surface area contributed by atoms with Gasteiger partial charge in [0.15, 0.2) is 5.96 Å². The fourth-order valence-electron chi connectivity index (χ4n) is 3.24. The van der Waals surface area contributed by atoms with Gasteiger partial charge in [-0.1, -0.05) is 30.3 Å². The number of hydrogen-bond acceptors (Lipinski definition) is 3. The molecule has 2 N–H and O–H groups in total. The van der Waals surface area contributed by atoms with Crippen LogP contribution in [0.15, 0.2) is 53.7 Å². The van der Waals surface area contributed by atoms with Gasteiger partial charge in [0.2, 0.25) is 0 Å². The summed E-state index contributed by atoms with van der Waals surface area (Å²) in [4.78, 5) is 11.2. The van der Waals surface area contributed by atoms with Crippen LogP contribution in [0.2, 0.25) is 0 Å². The maximum Gasteiger partial charge on any atom is 0.191 e. The van der Waals surface area contributed by atoms with Gasteiger partial charge in [0.1, 0.15) is 5.82 Å². The Morgan fingerprint density at radius 1 is 1.04 bits per heavy atom. The summed E-state index contributed by atoms with van der Waals surface area (Å²) in [6, 6.07) is 14.8. The van der Waals surface area contributed by atoms with Crippen molar-refractivity contribution < 1.29 is 0 Å². The van der Waals surface area contributed by atoms with Crippen molar-refractivity contribution >= 4 is 11.8 Å². The fourth-order valence-corrected chi connectivity index (χ4v) is 3.24. The summed E-state index contributed by atoms with van der Waals surface area (Å²) >= 11 is 0. The third kappa shape index (κ3) is 5.48. The molecule has 0 amide bonds. The van der Waals surface area contributed by atoms with Crippen molar-refractivity contribution in [1.29, 1.82) is 0 Å². The molecule has 1 aliphatic heterocycles. The molecule has 1 fully saturated rings. The lowest BCUT2D eigenvalue weighted by Crippen LogP contribution is -2.38. The Balaban J connectivity index is 1.47. The lowest BCUT2D eigenvalue weighted by Gasteiger charge is -2.28. The number of rotatable bonds is 6. The average molecular weight is 351 g/mol. The van der Waals surface area contributed by atoms with Crippen LogP contribution in [-0.2, 0) is 13.0 Å². The van der Waals surface area contributed by atoms with Crippen molar-refractivity contribution in [2.45, 2.75) is 32.2 Å². The van der Waals surface area contributed by atoms with Crippen LogP contribution in [-0.4, -0.2) is 37.6 Å². The summed E-state index contributed by atoms with van der Waals surface area (Å²) in [6.07, 6.45) is 6.76. The van der Waals surface area contributed by atoms with Crippen molar-refractivity contribution in [1.82, 2.24) is 15.6 Å². The zero-order chi connectivity index (χ0) is 18.0. The SMILES string of the molecule is CN=C(NCCc1ccccc1)NCc1ccnc(N2CCCCC2)c1. The Morgan fingerprint density at radius 3 is 2.62 bits per heavy atom. The number of pyridine rings is 1. The lowest BCUT2D eigenvalue weighted by atomic mass is 10.1. The first-order chi connectivity index (χ1) is 12.8. The number of aliphatic imine (C=N–C) groups is 1. The van der Waals surface area contributed by atoms with Crippen LogP contribution in [0, 0.1) is 0 Å². The summed E-state index contributed by atoms with van der Waals surface area (Å²) in [5.41, 5.74) is 2.56. The summed E-state index contributed by atoms with van der Waals surface area (Å²) in [5, 5.41) is 6.77. The second-order valence-electron chi connectivity index (χ2n) is 6.66. The van der Waals surface area contributed by atoms with Gasteiger partial charge in [-0.3, -0.25) is 4.99 Å². The molecule has 26 heavy (non-hydrogen) atoms. The predicted molar refractivity (Wildman–Crippen MR) is 109 cm³/mol. The van der Waals surface area contributed by atoms with Crippen molar-refractivity contribution in [2.75, 3.05) is 31.6 Å². The molecule has 2 aromatic rings. The van der Waals surface area contributed by atoms with E-state index in [2.05, 4.69) is 61.9 Å². The first-order valence-corrected chi connectivity index (χ1v) is 9.53. The highest BCUT2D eigenvalue weighted by Gasteiger charge is 2.12. The van der Waals surface area contributed by atoms with E-state index < -0.39 is 0 Å². The van der Waals surface area contributed by atoms with E-state index in [1.807, 2.05) is 19.3 Å². The van der Waals surface area contributed by atoms with Crippen molar-refractivity contribution in [3.05, 3.63) is 59.8 Å². The molecule has 1 saturated heterocycles. The normalized spacial score (nSPS) is 15.0. The Bertz CT molecular complexity index is 693. The molecule has 1 aliphatic rings. The molecule has 3 rings (SSSR count). The Kier molecular flexibility index (Phi) is 6.88. The van der Waals surface area contributed by atoms with E-state index in [4.69, 9.17) is 0 Å². The van der Waals surface area contributed by atoms with Crippen LogP contribution in [0.25, 0.3) is 0 Å². The lowest BCUT2D eigenvalue weighted by molar-refractivity contribution is 0.573. The summed E-state index contributed by atoms with van der Waals surface area (Å²) < 4.78 is 0. The zero-order valence-corrected chi connectivity index (χ0v) is 15.6. The van der Waals surface area contributed by atoms with Gasteiger partial charge in [-0.05, 0) is 48.9 Å². The third-order valence-corrected chi connectivity index (χ3v) is 4.72. The van der Waals surface area contributed by atoms with Gasteiger partial charge in [-0.2, -0.15) is 0 Å². The third-order valence-electron chi connectivity index (χ3n) is 4.72. The number of benzene rings is 1. The van der Waals surface area contributed by atoms with Crippen molar-refractivity contribution in [3.63, 3.8) is 0 Å². The Morgan fingerprint density at radius 2 is 1.85 bits per heavy atom. The highest BCUT2D eigenvalue weighted by molar-refractivity contribution is 5.79. The van der Waals surface area contributed by atoms with Crippen LogP contribution in [0.3, 0.4) is 0 Å². The molecule has 0 radical (unpaired) electrons. The number of anilines is 1. The van der Waals surface area contributed by atoms with Crippen molar-refractivity contribution in [2.24, 2.45) is 4.99 Å². The van der Waals surface area contributed by atoms with Gasteiger partial charge >= 0.3 is 0 Å². The quantitative estimate of drug-likeness (QED) is 0.621. The van der Waals surface area contributed by atoms with E-state index >= 15 is 0 Å². The van der Waals surface area contributed by atoms with Gasteiger partial charge in [-0.25, -0.2) is 4.98 Å². The molecule has 0 aliphatic carbocycles. The van der Waals surface area contributed by atoms with E-state index in [0.717, 1.165) is 44.4 Å². The average Bonchev–Trinajstić information content (AvgIpc) is 2.72. The number of piperidine rings is 1. The molecule has 0 unspecified atom stereocenters.